The number of rotatable bonds is 8. The molecule has 0 aliphatic carbocycles. The number of carbonyl (C=O) groups is 1. The summed E-state index contributed by atoms with van der Waals surface area (Å²) >= 11 is 5.93. The Labute approximate surface area is 189 Å². The molecule has 0 spiro atoms. The van der Waals surface area contributed by atoms with Crippen molar-refractivity contribution in [2.75, 3.05) is 27.3 Å². The van der Waals surface area contributed by atoms with E-state index < -0.39 is 5.82 Å². The first kappa shape index (κ1) is 23.3. The highest BCUT2D eigenvalue weighted by atomic mass is 35.5. The zero-order valence-corrected chi connectivity index (χ0v) is 18.3. The second-order valence-corrected chi connectivity index (χ2v) is 7.35. The van der Waals surface area contributed by atoms with Crippen LogP contribution in [0.3, 0.4) is 0 Å². The van der Waals surface area contributed by atoms with Gasteiger partial charge in [-0.3, -0.25) is 4.79 Å². The molecule has 4 N–H and O–H groups in total. The maximum absolute atomic E-state index is 13.6. The lowest BCUT2D eigenvalue weighted by Crippen LogP contribution is -2.32. The fourth-order valence-corrected chi connectivity index (χ4v) is 3.33. The van der Waals surface area contributed by atoms with E-state index in [1.54, 1.807) is 18.2 Å². The van der Waals surface area contributed by atoms with Gasteiger partial charge in [0.2, 0.25) is 0 Å². The summed E-state index contributed by atoms with van der Waals surface area (Å²) in [7, 11) is 2.92. The minimum absolute atomic E-state index is 0.0243. The smallest absolute Gasteiger partial charge is 0.251 e. The first-order valence-corrected chi connectivity index (χ1v) is 10.1. The summed E-state index contributed by atoms with van der Waals surface area (Å²) < 4.78 is 24.0. The molecule has 0 saturated carbocycles. The van der Waals surface area contributed by atoms with E-state index in [9.17, 15) is 14.3 Å². The SMILES string of the molecule is COc1cc(C(=O)NCC(CN)c2ccc(OC)c(-c3ccc(F)c(Cl)c3)n2)ccc1O. The van der Waals surface area contributed by atoms with Crippen molar-refractivity contribution in [2.24, 2.45) is 5.73 Å². The molecule has 32 heavy (non-hydrogen) atoms. The number of phenolic OH excluding ortho intramolecular Hbond substituents is 1. The van der Waals surface area contributed by atoms with Crippen LogP contribution in [0.1, 0.15) is 22.0 Å². The molecule has 168 valence electrons. The minimum atomic E-state index is -0.529. The number of aromatic nitrogens is 1. The molecule has 0 aliphatic heterocycles. The predicted octanol–water partition coefficient (Wildman–Crippen LogP) is 3.74. The van der Waals surface area contributed by atoms with E-state index >= 15 is 0 Å². The monoisotopic (exact) mass is 459 g/mol. The number of ether oxygens (including phenoxy) is 2. The van der Waals surface area contributed by atoms with Crippen LogP contribution in [0, 0.1) is 5.82 Å². The van der Waals surface area contributed by atoms with Crippen LogP contribution in [-0.4, -0.2) is 43.3 Å². The van der Waals surface area contributed by atoms with Crippen molar-refractivity contribution in [2.45, 2.75) is 5.92 Å². The standard InChI is InChI=1S/C23H23ClFN3O4/c1-31-20-8-6-18(28-22(20)13-3-5-17(25)16(24)9-13)15(11-26)12-27-23(30)14-4-7-19(29)21(10-14)32-2/h3-10,15,29H,11-12,26H2,1-2H3,(H,27,30). The zero-order chi connectivity index (χ0) is 23.3. The molecular weight excluding hydrogens is 437 g/mol. The average Bonchev–Trinajstić information content (AvgIpc) is 2.81. The highest BCUT2D eigenvalue weighted by Gasteiger charge is 2.18. The Hall–Kier alpha value is -3.36. The number of amides is 1. The number of halogens is 2. The Morgan fingerprint density at radius 2 is 1.91 bits per heavy atom. The van der Waals surface area contributed by atoms with E-state index in [0.717, 1.165) is 0 Å². The molecule has 1 unspecified atom stereocenters. The number of phenols is 1. The van der Waals surface area contributed by atoms with Crippen molar-refractivity contribution in [1.29, 1.82) is 0 Å². The molecule has 9 heteroatoms. The molecule has 7 nitrogen and oxygen atoms in total. The number of carbonyl (C=O) groups excluding carboxylic acids is 1. The van der Waals surface area contributed by atoms with Crippen molar-refractivity contribution in [3.8, 4) is 28.5 Å². The third-order valence-electron chi connectivity index (χ3n) is 4.95. The quantitative estimate of drug-likeness (QED) is 0.474. The lowest BCUT2D eigenvalue weighted by Gasteiger charge is -2.18. The highest BCUT2D eigenvalue weighted by molar-refractivity contribution is 6.31. The fourth-order valence-electron chi connectivity index (χ4n) is 3.15. The van der Waals surface area contributed by atoms with Crippen LogP contribution in [-0.2, 0) is 0 Å². The average molecular weight is 460 g/mol. The topological polar surface area (TPSA) is 107 Å². The predicted molar refractivity (Wildman–Crippen MR) is 120 cm³/mol. The Morgan fingerprint density at radius 3 is 2.56 bits per heavy atom. The first-order valence-electron chi connectivity index (χ1n) is 9.73. The van der Waals surface area contributed by atoms with Gasteiger partial charge in [0.15, 0.2) is 11.5 Å². The first-order chi connectivity index (χ1) is 15.4. The van der Waals surface area contributed by atoms with Crippen LogP contribution in [0.25, 0.3) is 11.3 Å². The molecule has 0 bridgehead atoms. The number of hydrogen-bond donors (Lipinski definition) is 3. The summed E-state index contributed by atoms with van der Waals surface area (Å²) in [5.41, 5.74) is 7.99. The normalized spacial score (nSPS) is 11.7. The molecule has 3 rings (SSSR count). The summed E-state index contributed by atoms with van der Waals surface area (Å²) in [5.74, 6) is -0.530. The molecule has 1 amide bonds. The molecule has 0 aliphatic rings. The van der Waals surface area contributed by atoms with E-state index in [0.29, 0.717) is 28.3 Å². The molecule has 0 saturated heterocycles. The fraction of sp³-hybridized carbons (Fsp3) is 0.217. The van der Waals surface area contributed by atoms with Crippen LogP contribution in [0.5, 0.6) is 17.2 Å². The van der Waals surface area contributed by atoms with Crippen molar-refractivity contribution in [3.05, 3.63) is 70.6 Å². The number of methoxy groups -OCH3 is 2. The summed E-state index contributed by atoms with van der Waals surface area (Å²) in [6.07, 6.45) is 0. The van der Waals surface area contributed by atoms with Crippen molar-refractivity contribution in [3.63, 3.8) is 0 Å². The van der Waals surface area contributed by atoms with E-state index in [1.807, 2.05) is 0 Å². The van der Waals surface area contributed by atoms with Gasteiger partial charge >= 0.3 is 0 Å². The number of nitrogens with two attached hydrogens (primary N) is 1. The summed E-state index contributed by atoms with van der Waals surface area (Å²) in [6, 6.07) is 12.1. The summed E-state index contributed by atoms with van der Waals surface area (Å²) in [4.78, 5) is 17.2. The van der Waals surface area contributed by atoms with Gasteiger partial charge in [-0.2, -0.15) is 0 Å². The molecule has 1 heterocycles. The van der Waals surface area contributed by atoms with Crippen molar-refractivity contribution < 1.29 is 23.8 Å². The van der Waals surface area contributed by atoms with Gasteiger partial charge in [0.05, 0.1) is 19.2 Å². The largest absolute Gasteiger partial charge is 0.504 e. The van der Waals surface area contributed by atoms with Gasteiger partial charge in [-0.25, -0.2) is 9.37 Å². The zero-order valence-electron chi connectivity index (χ0n) is 17.6. The van der Waals surface area contributed by atoms with Gasteiger partial charge in [-0.05, 0) is 48.5 Å². The van der Waals surface area contributed by atoms with Crippen LogP contribution in [0.15, 0.2) is 48.5 Å². The number of aromatic hydroxyl groups is 1. The summed E-state index contributed by atoms with van der Waals surface area (Å²) in [5, 5.41) is 12.5. The number of nitrogens with zero attached hydrogens (tertiary/aromatic N) is 1. The lowest BCUT2D eigenvalue weighted by molar-refractivity contribution is 0.0951. The molecule has 3 aromatic rings. The number of nitrogens with one attached hydrogen (secondary N) is 1. The Morgan fingerprint density at radius 1 is 1.16 bits per heavy atom. The van der Waals surface area contributed by atoms with Gasteiger partial charge in [0.25, 0.3) is 5.91 Å². The lowest BCUT2D eigenvalue weighted by atomic mass is 10.0. The third-order valence-corrected chi connectivity index (χ3v) is 5.24. The maximum Gasteiger partial charge on any atom is 0.251 e. The van der Waals surface area contributed by atoms with E-state index in [1.165, 1.54) is 44.6 Å². The highest BCUT2D eigenvalue weighted by Crippen LogP contribution is 2.32. The molecule has 2 aromatic carbocycles. The summed E-state index contributed by atoms with van der Waals surface area (Å²) in [6.45, 7) is 0.448. The van der Waals surface area contributed by atoms with Gasteiger partial charge in [-0.1, -0.05) is 11.6 Å². The molecule has 0 fully saturated rings. The van der Waals surface area contributed by atoms with Crippen molar-refractivity contribution >= 4 is 17.5 Å². The van der Waals surface area contributed by atoms with Gasteiger partial charge < -0.3 is 25.6 Å². The Balaban J connectivity index is 1.82. The molecule has 0 radical (unpaired) electrons. The number of pyridine rings is 1. The minimum Gasteiger partial charge on any atom is -0.504 e. The molecule has 1 aromatic heterocycles. The van der Waals surface area contributed by atoms with Crippen molar-refractivity contribution in [1.82, 2.24) is 10.3 Å². The second-order valence-electron chi connectivity index (χ2n) is 6.95. The molecule has 1 atom stereocenters. The van der Waals surface area contributed by atoms with Crippen LogP contribution in [0.2, 0.25) is 5.02 Å². The Bertz CT molecular complexity index is 1130. The van der Waals surface area contributed by atoms with E-state index in [-0.39, 0.29) is 41.4 Å². The molecular formula is C23H23ClFN3O4. The maximum atomic E-state index is 13.6. The van der Waals surface area contributed by atoms with Crippen LogP contribution < -0.4 is 20.5 Å². The van der Waals surface area contributed by atoms with Crippen LogP contribution in [0.4, 0.5) is 4.39 Å². The van der Waals surface area contributed by atoms with E-state index in [4.69, 9.17) is 26.8 Å². The number of benzene rings is 2. The van der Waals surface area contributed by atoms with Gasteiger partial charge in [-0.15, -0.1) is 0 Å². The van der Waals surface area contributed by atoms with Crippen LogP contribution >= 0.6 is 11.6 Å². The second kappa shape index (κ2) is 10.3. The van der Waals surface area contributed by atoms with Gasteiger partial charge in [0, 0.05) is 35.8 Å². The Kier molecular flexibility index (Phi) is 7.50. The number of hydrogen-bond acceptors (Lipinski definition) is 6. The van der Waals surface area contributed by atoms with E-state index in [2.05, 4.69) is 10.3 Å². The van der Waals surface area contributed by atoms with Gasteiger partial charge in [0.1, 0.15) is 17.3 Å². The third kappa shape index (κ3) is 5.09.